The molecule has 0 bridgehead atoms. The van der Waals surface area contributed by atoms with E-state index in [0.717, 1.165) is 5.56 Å². The highest BCUT2D eigenvalue weighted by molar-refractivity contribution is 6.44. The van der Waals surface area contributed by atoms with Crippen LogP contribution in [0.3, 0.4) is 0 Å². The third-order valence-corrected chi connectivity index (χ3v) is 3.00. The summed E-state index contributed by atoms with van der Waals surface area (Å²) in [6, 6.07) is 3.19. The summed E-state index contributed by atoms with van der Waals surface area (Å²) in [6.45, 7) is 5.97. The summed E-state index contributed by atoms with van der Waals surface area (Å²) in [6.07, 6.45) is 0. The molecule has 1 aromatic rings. The van der Waals surface area contributed by atoms with Gasteiger partial charge in [0, 0.05) is 0 Å². The van der Waals surface area contributed by atoms with Crippen LogP contribution in [0.5, 0.6) is 0 Å². The van der Waals surface area contributed by atoms with Crippen molar-refractivity contribution in [1.29, 1.82) is 0 Å². The first-order valence-electron chi connectivity index (χ1n) is 4.47. The lowest BCUT2D eigenvalue weighted by atomic mass is 9.86. The fourth-order valence-corrected chi connectivity index (χ4v) is 1.99. The summed E-state index contributed by atoms with van der Waals surface area (Å²) in [5.41, 5.74) is 0.728. The van der Waals surface area contributed by atoms with Crippen LogP contribution in [0.1, 0.15) is 36.7 Å². The van der Waals surface area contributed by atoms with Crippen LogP contribution in [0.15, 0.2) is 12.1 Å². The zero-order valence-electron chi connectivity index (χ0n) is 8.77. The molecule has 0 fully saturated rings. The number of rotatable bonds is 1. The molecule has 0 radical (unpaired) electrons. The van der Waals surface area contributed by atoms with Gasteiger partial charge in [-0.05, 0) is 17.0 Å². The van der Waals surface area contributed by atoms with Gasteiger partial charge in [0.1, 0.15) is 0 Å². The number of halogens is 2. The maximum absolute atomic E-state index is 10.8. The molecule has 4 heteroatoms. The molecule has 1 N–H and O–H groups in total. The molecule has 0 saturated heterocycles. The van der Waals surface area contributed by atoms with E-state index in [1.807, 2.05) is 20.8 Å². The summed E-state index contributed by atoms with van der Waals surface area (Å²) in [4.78, 5) is 10.8. The summed E-state index contributed by atoms with van der Waals surface area (Å²) in [5.74, 6) is -1.07. The Morgan fingerprint density at radius 3 is 2.13 bits per heavy atom. The predicted molar refractivity (Wildman–Crippen MR) is 62.1 cm³/mol. The molecule has 0 aromatic heterocycles. The summed E-state index contributed by atoms with van der Waals surface area (Å²) >= 11 is 11.9. The fourth-order valence-electron chi connectivity index (χ4n) is 1.29. The molecule has 0 heterocycles. The van der Waals surface area contributed by atoms with Crippen molar-refractivity contribution in [2.45, 2.75) is 26.2 Å². The topological polar surface area (TPSA) is 37.3 Å². The van der Waals surface area contributed by atoms with E-state index in [0.29, 0.717) is 5.02 Å². The van der Waals surface area contributed by atoms with Crippen LogP contribution < -0.4 is 0 Å². The van der Waals surface area contributed by atoms with Crippen molar-refractivity contribution >= 4 is 29.2 Å². The summed E-state index contributed by atoms with van der Waals surface area (Å²) in [5, 5.41) is 9.27. The number of carboxylic acid groups (broad SMARTS) is 1. The van der Waals surface area contributed by atoms with Gasteiger partial charge in [-0.25, -0.2) is 4.79 Å². The van der Waals surface area contributed by atoms with Crippen LogP contribution in [0, 0.1) is 0 Å². The van der Waals surface area contributed by atoms with Crippen LogP contribution in [-0.2, 0) is 5.41 Å². The molecule has 0 aliphatic carbocycles. The van der Waals surface area contributed by atoms with Crippen LogP contribution in [0.2, 0.25) is 10.0 Å². The Morgan fingerprint density at radius 2 is 1.73 bits per heavy atom. The lowest BCUT2D eigenvalue weighted by molar-refractivity contribution is 0.0697. The second-order valence-corrected chi connectivity index (χ2v) is 5.10. The third kappa shape index (κ3) is 2.44. The van der Waals surface area contributed by atoms with Crippen LogP contribution in [-0.4, -0.2) is 11.1 Å². The molecule has 1 rings (SSSR count). The van der Waals surface area contributed by atoms with E-state index in [2.05, 4.69) is 0 Å². The van der Waals surface area contributed by atoms with Crippen molar-refractivity contribution < 1.29 is 9.90 Å². The van der Waals surface area contributed by atoms with Crippen molar-refractivity contribution in [3.63, 3.8) is 0 Å². The first kappa shape index (κ1) is 12.3. The number of hydrogen-bond donors (Lipinski definition) is 1. The molecular weight excluding hydrogens is 235 g/mol. The van der Waals surface area contributed by atoms with Gasteiger partial charge >= 0.3 is 5.97 Å². The molecule has 0 aliphatic rings. The maximum atomic E-state index is 10.8. The zero-order valence-corrected chi connectivity index (χ0v) is 10.3. The van der Waals surface area contributed by atoms with Crippen LogP contribution in [0.4, 0.5) is 0 Å². The molecule has 0 unspecified atom stereocenters. The largest absolute Gasteiger partial charge is 0.478 e. The molecule has 0 saturated carbocycles. The second kappa shape index (κ2) is 4.03. The van der Waals surface area contributed by atoms with E-state index in [1.54, 1.807) is 6.07 Å². The first-order chi connectivity index (χ1) is 6.75. The van der Waals surface area contributed by atoms with Gasteiger partial charge in [0.25, 0.3) is 0 Å². The van der Waals surface area contributed by atoms with Gasteiger partial charge < -0.3 is 5.11 Å². The Kier molecular flexibility index (Phi) is 3.31. The Balaban J connectivity index is 3.41. The molecule has 0 atom stereocenters. The minimum Gasteiger partial charge on any atom is -0.478 e. The van der Waals surface area contributed by atoms with Gasteiger partial charge in [0.2, 0.25) is 0 Å². The molecule has 82 valence electrons. The van der Waals surface area contributed by atoms with Gasteiger partial charge in [-0.2, -0.15) is 0 Å². The Morgan fingerprint density at radius 1 is 1.20 bits per heavy atom. The maximum Gasteiger partial charge on any atom is 0.337 e. The monoisotopic (exact) mass is 246 g/mol. The quantitative estimate of drug-likeness (QED) is 0.814. The number of benzene rings is 1. The lowest BCUT2D eigenvalue weighted by Crippen LogP contribution is -2.13. The average Bonchev–Trinajstić information content (AvgIpc) is 2.06. The summed E-state index contributed by atoms with van der Waals surface area (Å²) < 4.78 is 0. The van der Waals surface area contributed by atoms with E-state index in [-0.39, 0.29) is 16.0 Å². The Bertz CT molecular complexity index is 406. The third-order valence-electron chi connectivity index (χ3n) is 2.12. The molecule has 1 aromatic carbocycles. The van der Waals surface area contributed by atoms with Gasteiger partial charge in [-0.3, -0.25) is 0 Å². The van der Waals surface area contributed by atoms with Crippen molar-refractivity contribution in [1.82, 2.24) is 0 Å². The average molecular weight is 247 g/mol. The highest BCUT2D eigenvalue weighted by Crippen LogP contribution is 2.36. The minimum absolute atomic E-state index is 0.0367. The Labute approximate surface area is 98.8 Å². The molecule has 0 amide bonds. The first-order valence-corrected chi connectivity index (χ1v) is 5.22. The van der Waals surface area contributed by atoms with E-state index < -0.39 is 5.97 Å². The molecule has 0 aliphatic heterocycles. The van der Waals surface area contributed by atoms with E-state index >= 15 is 0 Å². The molecule has 15 heavy (non-hydrogen) atoms. The van der Waals surface area contributed by atoms with Crippen molar-refractivity contribution in [3.05, 3.63) is 33.3 Å². The smallest absolute Gasteiger partial charge is 0.337 e. The lowest BCUT2D eigenvalue weighted by Gasteiger charge is -2.21. The highest BCUT2D eigenvalue weighted by atomic mass is 35.5. The van der Waals surface area contributed by atoms with Gasteiger partial charge in [0.15, 0.2) is 0 Å². The number of aromatic carboxylic acids is 1. The number of carbonyl (C=O) groups is 1. The SMILES string of the molecule is CC(C)(C)c1ccc(C(=O)O)c(Cl)c1Cl. The standard InChI is InChI=1S/C11H12Cl2O2/c1-11(2,3)7-5-4-6(10(14)15)8(12)9(7)13/h4-5H,1-3H3,(H,14,15). The van der Waals surface area contributed by atoms with Crippen molar-refractivity contribution in [2.24, 2.45) is 0 Å². The fraction of sp³-hybridized carbons (Fsp3) is 0.364. The molecular formula is C11H12Cl2O2. The normalized spacial score (nSPS) is 11.5. The van der Waals surface area contributed by atoms with Crippen molar-refractivity contribution in [3.8, 4) is 0 Å². The number of carboxylic acids is 1. The molecule has 2 nitrogen and oxygen atoms in total. The molecule has 0 spiro atoms. The van der Waals surface area contributed by atoms with E-state index in [4.69, 9.17) is 28.3 Å². The van der Waals surface area contributed by atoms with Gasteiger partial charge in [0.05, 0.1) is 15.6 Å². The second-order valence-electron chi connectivity index (χ2n) is 4.34. The zero-order chi connectivity index (χ0) is 11.8. The van der Waals surface area contributed by atoms with Gasteiger partial charge in [-0.1, -0.05) is 50.0 Å². The van der Waals surface area contributed by atoms with Crippen LogP contribution in [0.25, 0.3) is 0 Å². The summed E-state index contributed by atoms with van der Waals surface area (Å²) in [7, 11) is 0. The van der Waals surface area contributed by atoms with E-state index in [9.17, 15) is 4.79 Å². The number of hydrogen-bond acceptors (Lipinski definition) is 1. The van der Waals surface area contributed by atoms with Gasteiger partial charge in [-0.15, -0.1) is 0 Å². The highest BCUT2D eigenvalue weighted by Gasteiger charge is 2.22. The van der Waals surface area contributed by atoms with E-state index in [1.165, 1.54) is 6.07 Å². The predicted octanol–water partition coefficient (Wildman–Crippen LogP) is 3.99. The minimum atomic E-state index is -1.07. The Hall–Kier alpha value is -0.730. The van der Waals surface area contributed by atoms with Crippen molar-refractivity contribution in [2.75, 3.05) is 0 Å². The van der Waals surface area contributed by atoms with Crippen LogP contribution >= 0.6 is 23.2 Å².